The molecule has 1 N–H and O–H groups in total. The van der Waals surface area contributed by atoms with Crippen molar-refractivity contribution in [1.29, 1.82) is 0 Å². The third-order valence-corrected chi connectivity index (χ3v) is 13.0. The van der Waals surface area contributed by atoms with Crippen molar-refractivity contribution >= 4 is 55.9 Å². The number of rotatable bonds is 4. The van der Waals surface area contributed by atoms with Gasteiger partial charge in [0.2, 0.25) is 0 Å². The van der Waals surface area contributed by atoms with Gasteiger partial charge in [-0.15, -0.1) is 0 Å². The van der Waals surface area contributed by atoms with E-state index in [0.29, 0.717) is 0 Å². The molecule has 10 aromatic rings. The molecule has 1 spiro atoms. The van der Waals surface area contributed by atoms with E-state index < -0.39 is 5.41 Å². The molecule has 9 aromatic carbocycles. The molecule has 13 rings (SSSR count). The number of hydrogen-bond acceptors (Lipinski definition) is 4. The van der Waals surface area contributed by atoms with Crippen molar-refractivity contribution in [2.45, 2.75) is 11.6 Å². The van der Waals surface area contributed by atoms with Gasteiger partial charge >= 0.3 is 0 Å². The molecule has 61 heavy (non-hydrogen) atoms. The summed E-state index contributed by atoms with van der Waals surface area (Å²) in [6, 6.07) is 78.9. The second kappa shape index (κ2) is 13.0. The molecular formula is C56H38N4O. The first-order valence-electron chi connectivity index (χ1n) is 21.0. The summed E-state index contributed by atoms with van der Waals surface area (Å²) < 4.78 is 9.65. The van der Waals surface area contributed by atoms with Gasteiger partial charge in [-0.2, -0.15) is 0 Å². The lowest BCUT2D eigenvalue weighted by atomic mass is 9.61. The fourth-order valence-electron chi connectivity index (χ4n) is 10.6. The Morgan fingerprint density at radius 3 is 1.75 bits per heavy atom. The lowest BCUT2D eigenvalue weighted by molar-refractivity contribution is 0.439. The molecule has 288 valence electrons. The van der Waals surface area contributed by atoms with Crippen molar-refractivity contribution < 1.29 is 4.74 Å². The minimum atomic E-state index is -0.655. The van der Waals surface area contributed by atoms with Crippen LogP contribution in [0.5, 0.6) is 11.5 Å². The highest BCUT2D eigenvalue weighted by Gasteiger charge is 2.51. The smallest absolute Gasteiger partial charge is 0.142 e. The first kappa shape index (κ1) is 33.9. The minimum absolute atomic E-state index is 0.0530. The van der Waals surface area contributed by atoms with Crippen molar-refractivity contribution in [3.05, 3.63) is 246 Å². The lowest BCUT2D eigenvalue weighted by Crippen LogP contribution is -2.39. The Morgan fingerprint density at radius 2 is 1.02 bits per heavy atom. The number of benzene rings is 9. The third-order valence-electron chi connectivity index (χ3n) is 13.0. The Kier molecular flexibility index (Phi) is 7.22. The van der Waals surface area contributed by atoms with E-state index in [1.165, 1.54) is 22.4 Å². The molecule has 0 fully saturated rings. The molecule has 1 aromatic heterocycles. The molecule has 0 bridgehead atoms. The normalized spacial score (nSPS) is 15.4. The number of hydrogen-bond donors (Lipinski definition) is 1. The van der Waals surface area contributed by atoms with Crippen LogP contribution in [-0.4, -0.2) is 4.57 Å². The van der Waals surface area contributed by atoms with E-state index >= 15 is 0 Å². The monoisotopic (exact) mass is 782 g/mol. The summed E-state index contributed by atoms with van der Waals surface area (Å²) in [5.74, 6) is 1.77. The van der Waals surface area contributed by atoms with Gasteiger partial charge in [0.05, 0.1) is 44.6 Å². The molecule has 0 saturated heterocycles. The van der Waals surface area contributed by atoms with Gasteiger partial charge < -0.3 is 24.4 Å². The van der Waals surface area contributed by atoms with E-state index in [1.807, 2.05) is 0 Å². The maximum Gasteiger partial charge on any atom is 0.142 e. The second-order valence-electron chi connectivity index (χ2n) is 16.1. The average molecular weight is 783 g/mol. The zero-order valence-electron chi connectivity index (χ0n) is 33.1. The Morgan fingerprint density at radius 1 is 0.426 bits per heavy atom. The maximum absolute atomic E-state index is 7.25. The number of aromatic nitrogens is 1. The number of fused-ring (bicyclic) bond motifs is 13. The summed E-state index contributed by atoms with van der Waals surface area (Å²) in [6.45, 7) is 0. The highest BCUT2D eigenvalue weighted by atomic mass is 16.5. The fourth-order valence-corrected chi connectivity index (χ4v) is 10.6. The van der Waals surface area contributed by atoms with Crippen LogP contribution in [0.1, 0.15) is 34.0 Å². The minimum Gasteiger partial charge on any atom is -0.456 e. The molecule has 0 radical (unpaired) electrons. The zero-order valence-corrected chi connectivity index (χ0v) is 33.1. The predicted octanol–water partition coefficient (Wildman–Crippen LogP) is 14.3. The molecular weight excluding hydrogens is 745 g/mol. The van der Waals surface area contributed by atoms with Gasteiger partial charge in [-0.1, -0.05) is 140 Å². The van der Waals surface area contributed by atoms with Crippen LogP contribution in [0.2, 0.25) is 0 Å². The lowest BCUT2D eigenvalue weighted by Gasteiger charge is -2.48. The van der Waals surface area contributed by atoms with Crippen molar-refractivity contribution in [1.82, 2.24) is 4.57 Å². The number of anilines is 6. The van der Waals surface area contributed by atoms with E-state index in [-0.39, 0.29) is 6.17 Å². The Labute approximate surface area is 354 Å². The summed E-state index contributed by atoms with van der Waals surface area (Å²) in [6.07, 6.45) is -0.0530. The van der Waals surface area contributed by atoms with Crippen LogP contribution in [0.25, 0.3) is 27.5 Å². The van der Waals surface area contributed by atoms with Crippen LogP contribution in [-0.2, 0) is 5.41 Å². The van der Waals surface area contributed by atoms with Crippen LogP contribution in [0.3, 0.4) is 0 Å². The topological polar surface area (TPSA) is 32.7 Å². The van der Waals surface area contributed by atoms with Crippen molar-refractivity contribution in [3.8, 4) is 17.2 Å². The van der Waals surface area contributed by atoms with Crippen LogP contribution < -0.4 is 19.9 Å². The number of para-hydroxylation sites is 8. The molecule has 1 atom stereocenters. The summed E-state index contributed by atoms with van der Waals surface area (Å²) in [7, 11) is 0. The van der Waals surface area contributed by atoms with Gasteiger partial charge in [0.25, 0.3) is 0 Å². The third kappa shape index (κ3) is 4.71. The van der Waals surface area contributed by atoms with E-state index in [1.54, 1.807) is 0 Å². The fraction of sp³-hybridized carbons (Fsp3) is 0.0357. The number of nitrogens with zero attached hydrogens (tertiary/aromatic N) is 3. The highest BCUT2D eigenvalue weighted by molar-refractivity contribution is 6.13. The molecule has 5 nitrogen and oxygen atoms in total. The van der Waals surface area contributed by atoms with Gasteiger partial charge in [-0.3, -0.25) is 0 Å². The predicted molar refractivity (Wildman–Crippen MR) is 249 cm³/mol. The van der Waals surface area contributed by atoms with Crippen molar-refractivity contribution in [2.75, 3.05) is 15.1 Å². The van der Waals surface area contributed by atoms with Crippen LogP contribution in [0.4, 0.5) is 34.1 Å². The van der Waals surface area contributed by atoms with E-state index in [9.17, 15) is 0 Å². The molecule has 1 unspecified atom stereocenters. The molecule has 0 saturated carbocycles. The summed E-state index contributed by atoms with van der Waals surface area (Å²) in [5, 5.41) is 6.07. The van der Waals surface area contributed by atoms with Crippen LogP contribution in [0.15, 0.2) is 218 Å². The first-order chi connectivity index (χ1) is 30.3. The van der Waals surface area contributed by atoms with Gasteiger partial charge in [0, 0.05) is 33.6 Å². The molecule has 0 amide bonds. The number of ether oxygens (including phenoxy) is 1. The quantitative estimate of drug-likeness (QED) is 0.193. The Bertz CT molecular complexity index is 3290. The molecule has 3 aliphatic rings. The number of nitrogens with one attached hydrogen (secondary N) is 1. The first-order valence-corrected chi connectivity index (χ1v) is 21.0. The van der Waals surface area contributed by atoms with Crippen molar-refractivity contribution in [2.24, 2.45) is 0 Å². The average Bonchev–Trinajstić information content (AvgIpc) is 3.89. The Hall–Kier alpha value is -8.02. The van der Waals surface area contributed by atoms with Crippen LogP contribution in [0, 0.1) is 0 Å². The largest absolute Gasteiger partial charge is 0.456 e. The zero-order chi connectivity index (χ0) is 40.1. The van der Waals surface area contributed by atoms with E-state index in [0.717, 1.165) is 78.6 Å². The van der Waals surface area contributed by atoms with Gasteiger partial charge in [0.1, 0.15) is 17.7 Å². The van der Waals surface area contributed by atoms with Gasteiger partial charge in [-0.05, 0) is 95.6 Å². The second-order valence-corrected chi connectivity index (χ2v) is 16.1. The molecule has 0 aliphatic carbocycles. The standard InChI is InChI=1S/C56H38N4O/c1-3-17-38(18-4-1)59-48-27-13-8-22-42(48)56(43-23-9-14-28-49(43)59)44-24-10-16-30-52(44)61-54-45(56)35-36-51-53(54)41-21-7-12-26-47(41)58(51)40-33-31-37(32-34-40)55-57-46-25-11-15-29-50(46)60(55)39-19-5-2-6-20-39/h1-36,55,57H. The Balaban J connectivity index is 1.02. The van der Waals surface area contributed by atoms with Crippen molar-refractivity contribution in [3.63, 3.8) is 0 Å². The molecule has 3 aliphatic heterocycles. The summed E-state index contributed by atoms with van der Waals surface area (Å²) in [4.78, 5) is 4.81. The van der Waals surface area contributed by atoms with Gasteiger partial charge in [-0.25, -0.2) is 0 Å². The molecule has 4 heterocycles. The maximum atomic E-state index is 7.25. The molecule has 5 heteroatoms. The summed E-state index contributed by atoms with van der Waals surface area (Å²) in [5.41, 5.74) is 15.5. The SMILES string of the molecule is c1ccc(N2c3ccccc3C3(c4ccccc4Oc4c3ccc3c4c4ccccc4n3-c3ccc(C4Nc5ccccc5N4c4ccccc4)cc3)c3ccccc32)cc1. The highest BCUT2D eigenvalue weighted by Crippen LogP contribution is 2.64. The van der Waals surface area contributed by atoms with Gasteiger partial charge in [0.15, 0.2) is 0 Å². The van der Waals surface area contributed by atoms with E-state index in [2.05, 4.69) is 238 Å². The van der Waals surface area contributed by atoms with E-state index in [4.69, 9.17) is 4.74 Å². The van der Waals surface area contributed by atoms with Crippen LogP contribution >= 0.6 is 0 Å². The summed E-state index contributed by atoms with van der Waals surface area (Å²) >= 11 is 0.